The first-order valence-electron chi connectivity index (χ1n) is 6.47. The highest BCUT2D eigenvalue weighted by atomic mass is 15.3. The van der Waals surface area contributed by atoms with Crippen molar-refractivity contribution in [2.24, 2.45) is 12.8 Å². The topological polar surface area (TPSA) is 47.1 Å². The number of nitrogens with zero attached hydrogens (tertiary/aromatic N) is 3. The Morgan fingerprint density at radius 3 is 2.65 bits per heavy atom. The molecule has 2 rings (SSSR count). The zero-order valence-electron chi connectivity index (χ0n) is 11.4. The molecule has 0 spiro atoms. The fourth-order valence-electron chi connectivity index (χ4n) is 2.74. The first-order valence-corrected chi connectivity index (χ1v) is 6.47. The molecule has 0 radical (unpaired) electrons. The van der Waals surface area contributed by atoms with Crippen molar-refractivity contribution in [2.45, 2.75) is 52.2 Å². The van der Waals surface area contributed by atoms with Gasteiger partial charge in [-0.1, -0.05) is 0 Å². The minimum absolute atomic E-state index is 0.386. The second-order valence-electron chi connectivity index (χ2n) is 5.38. The molecule has 0 saturated carbocycles. The summed E-state index contributed by atoms with van der Waals surface area (Å²) in [5.41, 5.74) is 9.83. The van der Waals surface area contributed by atoms with Gasteiger partial charge in [-0.2, -0.15) is 5.10 Å². The molecule has 1 saturated heterocycles. The Morgan fingerprint density at radius 2 is 2.12 bits per heavy atom. The minimum Gasteiger partial charge on any atom is -0.328 e. The molecular weight excluding hydrogens is 212 g/mol. The third kappa shape index (κ3) is 2.53. The van der Waals surface area contributed by atoms with Crippen LogP contribution in [0, 0.1) is 13.8 Å². The number of hydrogen-bond acceptors (Lipinski definition) is 3. The standard InChI is InChI=1S/C13H24N4/c1-9-7-12(14)5-6-17(9)8-13-10(2)15-16(4)11(13)3/h9,12H,5-8,14H2,1-4H3. The van der Waals surface area contributed by atoms with Gasteiger partial charge >= 0.3 is 0 Å². The highest BCUT2D eigenvalue weighted by molar-refractivity contribution is 5.24. The van der Waals surface area contributed by atoms with Gasteiger partial charge in [0.25, 0.3) is 0 Å². The van der Waals surface area contributed by atoms with Crippen LogP contribution >= 0.6 is 0 Å². The van der Waals surface area contributed by atoms with Crippen molar-refractivity contribution in [3.05, 3.63) is 17.0 Å². The zero-order valence-corrected chi connectivity index (χ0v) is 11.4. The molecule has 1 fully saturated rings. The molecule has 2 heterocycles. The Hall–Kier alpha value is -0.870. The van der Waals surface area contributed by atoms with E-state index in [1.165, 1.54) is 11.3 Å². The van der Waals surface area contributed by atoms with E-state index in [0.717, 1.165) is 31.6 Å². The Labute approximate surface area is 104 Å². The lowest BCUT2D eigenvalue weighted by Gasteiger charge is -2.36. The largest absolute Gasteiger partial charge is 0.328 e. The van der Waals surface area contributed by atoms with E-state index in [9.17, 15) is 0 Å². The number of aromatic nitrogens is 2. The highest BCUT2D eigenvalue weighted by Gasteiger charge is 2.24. The second-order valence-corrected chi connectivity index (χ2v) is 5.38. The van der Waals surface area contributed by atoms with E-state index in [0.29, 0.717) is 12.1 Å². The summed E-state index contributed by atoms with van der Waals surface area (Å²) in [4.78, 5) is 2.53. The summed E-state index contributed by atoms with van der Waals surface area (Å²) in [6.07, 6.45) is 2.22. The molecule has 0 amide bonds. The van der Waals surface area contributed by atoms with Crippen LogP contribution in [0.1, 0.15) is 36.7 Å². The number of aryl methyl sites for hydroxylation is 2. The first kappa shape index (κ1) is 12.6. The van der Waals surface area contributed by atoms with E-state index in [2.05, 4.69) is 30.8 Å². The molecule has 17 heavy (non-hydrogen) atoms. The van der Waals surface area contributed by atoms with Gasteiger partial charge in [-0.15, -0.1) is 0 Å². The van der Waals surface area contributed by atoms with Gasteiger partial charge in [0.2, 0.25) is 0 Å². The molecule has 1 aliphatic heterocycles. The number of piperidine rings is 1. The van der Waals surface area contributed by atoms with E-state index >= 15 is 0 Å². The lowest BCUT2D eigenvalue weighted by Crippen LogP contribution is -2.45. The zero-order chi connectivity index (χ0) is 12.6. The van der Waals surface area contributed by atoms with Crippen LogP contribution in [-0.4, -0.2) is 33.3 Å². The van der Waals surface area contributed by atoms with E-state index in [4.69, 9.17) is 5.73 Å². The van der Waals surface area contributed by atoms with E-state index in [-0.39, 0.29) is 0 Å². The van der Waals surface area contributed by atoms with Gasteiger partial charge in [-0.25, -0.2) is 0 Å². The summed E-state index contributed by atoms with van der Waals surface area (Å²) in [7, 11) is 2.02. The molecule has 1 aromatic heterocycles. The Bertz CT molecular complexity index is 396. The fourth-order valence-corrected chi connectivity index (χ4v) is 2.74. The third-order valence-electron chi connectivity index (χ3n) is 4.07. The van der Waals surface area contributed by atoms with Crippen molar-refractivity contribution >= 4 is 0 Å². The van der Waals surface area contributed by atoms with Crippen molar-refractivity contribution in [1.29, 1.82) is 0 Å². The van der Waals surface area contributed by atoms with E-state index in [1.54, 1.807) is 0 Å². The predicted octanol–water partition coefficient (Wildman–Crippen LogP) is 1.35. The van der Waals surface area contributed by atoms with Crippen molar-refractivity contribution in [3.63, 3.8) is 0 Å². The third-order valence-corrected chi connectivity index (χ3v) is 4.07. The SMILES string of the molecule is Cc1nn(C)c(C)c1CN1CCC(N)CC1C. The molecule has 0 aromatic carbocycles. The summed E-state index contributed by atoms with van der Waals surface area (Å²) in [6.45, 7) is 8.65. The van der Waals surface area contributed by atoms with Gasteiger partial charge in [0.15, 0.2) is 0 Å². The number of likely N-dealkylation sites (tertiary alicyclic amines) is 1. The average molecular weight is 236 g/mol. The van der Waals surface area contributed by atoms with Gasteiger partial charge in [0, 0.05) is 43.5 Å². The molecular formula is C13H24N4. The summed E-state index contributed by atoms with van der Waals surface area (Å²) in [6, 6.07) is 0.968. The van der Waals surface area contributed by atoms with Crippen molar-refractivity contribution in [1.82, 2.24) is 14.7 Å². The van der Waals surface area contributed by atoms with Crippen molar-refractivity contribution in [2.75, 3.05) is 6.54 Å². The van der Waals surface area contributed by atoms with Crippen LogP contribution in [0.2, 0.25) is 0 Å². The molecule has 1 aromatic rings. The maximum Gasteiger partial charge on any atom is 0.0641 e. The lowest BCUT2D eigenvalue weighted by molar-refractivity contribution is 0.139. The predicted molar refractivity (Wildman–Crippen MR) is 69.8 cm³/mol. The molecule has 2 N–H and O–H groups in total. The molecule has 2 atom stereocenters. The Balaban J connectivity index is 2.10. The maximum atomic E-state index is 6.00. The molecule has 2 unspecified atom stereocenters. The number of rotatable bonds is 2. The molecule has 4 heteroatoms. The summed E-state index contributed by atoms with van der Waals surface area (Å²) in [5, 5.41) is 4.48. The normalized spacial score (nSPS) is 26.4. The van der Waals surface area contributed by atoms with Crippen LogP contribution in [0.3, 0.4) is 0 Å². The highest BCUT2D eigenvalue weighted by Crippen LogP contribution is 2.21. The average Bonchev–Trinajstić information content (AvgIpc) is 2.48. The van der Waals surface area contributed by atoms with Crippen molar-refractivity contribution < 1.29 is 0 Å². The molecule has 96 valence electrons. The monoisotopic (exact) mass is 236 g/mol. The number of hydrogen-bond donors (Lipinski definition) is 1. The maximum absolute atomic E-state index is 6.00. The van der Waals surface area contributed by atoms with Crippen LogP contribution < -0.4 is 5.73 Å². The second kappa shape index (κ2) is 4.78. The van der Waals surface area contributed by atoms with E-state index < -0.39 is 0 Å². The molecule has 0 bridgehead atoms. The van der Waals surface area contributed by atoms with Crippen LogP contribution in [0.15, 0.2) is 0 Å². The van der Waals surface area contributed by atoms with Gasteiger partial charge < -0.3 is 5.73 Å². The van der Waals surface area contributed by atoms with Crippen LogP contribution in [0.5, 0.6) is 0 Å². The van der Waals surface area contributed by atoms with Gasteiger partial charge in [0.1, 0.15) is 0 Å². The first-order chi connectivity index (χ1) is 7.99. The smallest absolute Gasteiger partial charge is 0.0641 e. The van der Waals surface area contributed by atoms with Crippen LogP contribution in [0.4, 0.5) is 0 Å². The number of nitrogens with two attached hydrogens (primary N) is 1. The van der Waals surface area contributed by atoms with Crippen LogP contribution in [0.25, 0.3) is 0 Å². The molecule has 0 aliphatic carbocycles. The molecule has 4 nitrogen and oxygen atoms in total. The Morgan fingerprint density at radius 1 is 1.41 bits per heavy atom. The van der Waals surface area contributed by atoms with Gasteiger partial charge in [0.05, 0.1) is 5.69 Å². The Kier molecular flexibility index (Phi) is 3.54. The fraction of sp³-hybridized carbons (Fsp3) is 0.769. The minimum atomic E-state index is 0.386. The lowest BCUT2D eigenvalue weighted by atomic mass is 9.98. The van der Waals surface area contributed by atoms with E-state index in [1.807, 2.05) is 11.7 Å². The summed E-state index contributed by atoms with van der Waals surface area (Å²) in [5.74, 6) is 0. The van der Waals surface area contributed by atoms with Crippen LogP contribution in [-0.2, 0) is 13.6 Å². The molecule has 1 aliphatic rings. The van der Waals surface area contributed by atoms with Gasteiger partial charge in [-0.05, 0) is 33.6 Å². The van der Waals surface area contributed by atoms with Gasteiger partial charge in [-0.3, -0.25) is 9.58 Å². The summed E-state index contributed by atoms with van der Waals surface area (Å²) < 4.78 is 1.98. The summed E-state index contributed by atoms with van der Waals surface area (Å²) >= 11 is 0. The van der Waals surface area contributed by atoms with Crippen molar-refractivity contribution in [3.8, 4) is 0 Å². The quantitative estimate of drug-likeness (QED) is 0.843.